The molecule has 23 heavy (non-hydrogen) atoms. The molecule has 130 valence electrons. The number of nitrogens with two attached hydrogens (primary N) is 1. The van der Waals surface area contributed by atoms with Crippen molar-refractivity contribution in [1.82, 2.24) is 4.90 Å². The van der Waals surface area contributed by atoms with E-state index in [0.717, 1.165) is 18.2 Å². The fraction of sp³-hybridized carbons (Fsp3) is 0.611. The lowest BCUT2D eigenvalue weighted by Gasteiger charge is -2.34. The standard InChI is InChI=1S/C18H30N4.HI/c1-13-5-7-22(8-6-13)16(4)12-20-18(19)21-17-10-14(2)9-15(3)11-17;/h9-11,13,16H,5-8,12H2,1-4H3,(H3,19,20,21);1H. The lowest BCUT2D eigenvalue weighted by Crippen LogP contribution is -2.41. The first-order valence-electron chi connectivity index (χ1n) is 8.33. The Labute approximate surface area is 157 Å². The van der Waals surface area contributed by atoms with Gasteiger partial charge < -0.3 is 11.1 Å². The van der Waals surface area contributed by atoms with Gasteiger partial charge in [0.25, 0.3) is 0 Å². The van der Waals surface area contributed by atoms with Crippen molar-refractivity contribution in [2.24, 2.45) is 16.6 Å². The molecule has 0 radical (unpaired) electrons. The minimum atomic E-state index is 0. The van der Waals surface area contributed by atoms with Crippen LogP contribution in [0, 0.1) is 19.8 Å². The largest absolute Gasteiger partial charge is 0.370 e. The monoisotopic (exact) mass is 430 g/mol. The van der Waals surface area contributed by atoms with Crippen LogP contribution in [-0.2, 0) is 0 Å². The summed E-state index contributed by atoms with van der Waals surface area (Å²) in [6, 6.07) is 6.78. The smallest absolute Gasteiger partial charge is 0.193 e. The number of hydrogen-bond donors (Lipinski definition) is 2. The molecule has 1 aromatic rings. The first kappa shape index (κ1) is 20.2. The highest BCUT2D eigenvalue weighted by atomic mass is 127. The van der Waals surface area contributed by atoms with E-state index < -0.39 is 0 Å². The van der Waals surface area contributed by atoms with Gasteiger partial charge in [-0.15, -0.1) is 24.0 Å². The maximum absolute atomic E-state index is 6.03. The molecule has 0 amide bonds. The van der Waals surface area contributed by atoms with Gasteiger partial charge in [-0.1, -0.05) is 13.0 Å². The number of anilines is 1. The Hall–Kier alpha value is -0.820. The highest BCUT2D eigenvalue weighted by Gasteiger charge is 2.19. The molecule has 3 N–H and O–H groups in total. The van der Waals surface area contributed by atoms with E-state index in [-0.39, 0.29) is 24.0 Å². The third-order valence-corrected chi connectivity index (χ3v) is 4.46. The van der Waals surface area contributed by atoms with E-state index in [2.05, 4.69) is 61.1 Å². The number of aryl methyl sites for hydroxylation is 2. The van der Waals surface area contributed by atoms with Gasteiger partial charge in [0.15, 0.2) is 5.96 Å². The molecule has 0 saturated carbocycles. The highest BCUT2D eigenvalue weighted by molar-refractivity contribution is 14.0. The van der Waals surface area contributed by atoms with Crippen LogP contribution in [0.15, 0.2) is 23.2 Å². The number of benzene rings is 1. The lowest BCUT2D eigenvalue weighted by atomic mass is 9.98. The molecule has 0 bridgehead atoms. The van der Waals surface area contributed by atoms with Crippen LogP contribution >= 0.6 is 24.0 Å². The summed E-state index contributed by atoms with van der Waals surface area (Å²) in [5, 5.41) is 3.20. The molecule has 0 spiro atoms. The molecule has 1 saturated heterocycles. The number of nitrogens with zero attached hydrogens (tertiary/aromatic N) is 2. The number of halogens is 1. The van der Waals surface area contributed by atoms with Crippen molar-refractivity contribution in [3.63, 3.8) is 0 Å². The topological polar surface area (TPSA) is 53.6 Å². The van der Waals surface area contributed by atoms with Crippen LogP contribution in [0.2, 0.25) is 0 Å². The van der Waals surface area contributed by atoms with E-state index >= 15 is 0 Å². The minimum absolute atomic E-state index is 0. The second-order valence-electron chi connectivity index (χ2n) is 6.79. The van der Waals surface area contributed by atoms with Gasteiger partial charge in [0.2, 0.25) is 0 Å². The number of guanidine groups is 1. The average molecular weight is 430 g/mol. The zero-order valence-corrected chi connectivity index (χ0v) is 17.1. The van der Waals surface area contributed by atoms with Crippen molar-refractivity contribution in [2.45, 2.75) is 46.6 Å². The fourth-order valence-electron chi connectivity index (χ4n) is 3.05. The zero-order chi connectivity index (χ0) is 16.1. The van der Waals surface area contributed by atoms with E-state index in [9.17, 15) is 0 Å². The predicted molar refractivity (Wildman–Crippen MR) is 111 cm³/mol. The van der Waals surface area contributed by atoms with Gasteiger partial charge in [-0.25, -0.2) is 0 Å². The molecule has 2 rings (SSSR count). The normalized spacial score (nSPS) is 18.3. The first-order chi connectivity index (χ1) is 10.4. The number of piperidine rings is 1. The highest BCUT2D eigenvalue weighted by Crippen LogP contribution is 2.18. The van der Waals surface area contributed by atoms with Crippen LogP contribution in [0.3, 0.4) is 0 Å². The van der Waals surface area contributed by atoms with E-state index in [1.165, 1.54) is 37.1 Å². The van der Waals surface area contributed by atoms with Crippen molar-refractivity contribution >= 4 is 35.6 Å². The first-order valence-corrected chi connectivity index (χ1v) is 8.33. The SMILES string of the molecule is Cc1cc(C)cc(NC(N)=NCC(C)N2CCC(C)CC2)c1.I. The molecule has 1 aliphatic rings. The third kappa shape index (κ3) is 6.67. The summed E-state index contributed by atoms with van der Waals surface area (Å²) in [4.78, 5) is 7.04. The van der Waals surface area contributed by atoms with Gasteiger partial charge in [-0.05, 0) is 75.9 Å². The molecular formula is C18H31IN4. The number of aliphatic imine (C=N–C) groups is 1. The number of rotatable bonds is 4. The Balaban J connectivity index is 0.00000264. The average Bonchev–Trinajstić information content (AvgIpc) is 2.44. The molecule has 4 nitrogen and oxygen atoms in total. The minimum Gasteiger partial charge on any atom is -0.370 e. The van der Waals surface area contributed by atoms with Crippen molar-refractivity contribution in [1.29, 1.82) is 0 Å². The van der Waals surface area contributed by atoms with E-state index in [1.54, 1.807) is 0 Å². The van der Waals surface area contributed by atoms with E-state index in [0.29, 0.717) is 12.0 Å². The van der Waals surface area contributed by atoms with Crippen LogP contribution in [0.25, 0.3) is 0 Å². The van der Waals surface area contributed by atoms with Gasteiger partial charge in [-0.3, -0.25) is 9.89 Å². The maximum atomic E-state index is 6.03. The van der Waals surface area contributed by atoms with Crippen LogP contribution in [0.5, 0.6) is 0 Å². The quantitative estimate of drug-likeness (QED) is 0.435. The molecule has 0 aliphatic carbocycles. The predicted octanol–water partition coefficient (Wildman–Crippen LogP) is 3.77. The Morgan fingerprint density at radius 1 is 1.26 bits per heavy atom. The molecule has 1 unspecified atom stereocenters. The van der Waals surface area contributed by atoms with Gasteiger partial charge in [0, 0.05) is 11.7 Å². The van der Waals surface area contributed by atoms with Crippen LogP contribution < -0.4 is 11.1 Å². The summed E-state index contributed by atoms with van der Waals surface area (Å²) >= 11 is 0. The molecule has 0 aromatic heterocycles. The van der Waals surface area contributed by atoms with Gasteiger partial charge in [0.1, 0.15) is 0 Å². The number of likely N-dealkylation sites (tertiary alicyclic amines) is 1. The molecule has 1 atom stereocenters. The Morgan fingerprint density at radius 2 is 1.83 bits per heavy atom. The van der Waals surface area contributed by atoms with Crippen molar-refractivity contribution < 1.29 is 0 Å². The summed E-state index contributed by atoms with van der Waals surface area (Å²) in [6.45, 7) is 11.9. The van der Waals surface area contributed by atoms with Gasteiger partial charge >= 0.3 is 0 Å². The van der Waals surface area contributed by atoms with Crippen molar-refractivity contribution in [3.05, 3.63) is 29.3 Å². The molecule has 5 heteroatoms. The van der Waals surface area contributed by atoms with E-state index in [1.807, 2.05) is 0 Å². The van der Waals surface area contributed by atoms with Gasteiger partial charge in [-0.2, -0.15) is 0 Å². The summed E-state index contributed by atoms with van der Waals surface area (Å²) in [5.41, 5.74) is 9.49. The van der Waals surface area contributed by atoms with Crippen LogP contribution in [0.4, 0.5) is 5.69 Å². The van der Waals surface area contributed by atoms with E-state index in [4.69, 9.17) is 5.73 Å². The van der Waals surface area contributed by atoms with Crippen LogP contribution in [-0.4, -0.2) is 36.5 Å². The summed E-state index contributed by atoms with van der Waals surface area (Å²) in [7, 11) is 0. The second-order valence-corrected chi connectivity index (χ2v) is 6.79. The lowest BCUT2D eigenvalue weighted by molar-refractivity contribution is 0.150. The molecular weight excluding hydrogens is 399 g/mol. The molecule has 1 heterocycles. The number of nitrogens with one attached hydrogen (secondary N) is 1. The number of hydrogen-bond acceptors (Lipinski definition) is 2. The zero-order valence-electron chi connectivity index (χ0n) is 14.8. The molecule has 1 aliphatic heterocycles. The Morgan fingerprint density at radius 3 is 2.39 bits per heavy atom. The second kappa shape index (κ2) is 9.47. The van der Waals surface area contributed by atoms with Gasteiger partial charge in [0.05, 0.1) is 6.54 Å². The molecule has 1 fully saturated rings. The molecule has 1 aromatic carbocycles. The summed E-state index contributed by atoms with van der Waals surface area (Å²) in [6.07, 6.45) is 2.59. The maximum Gasteiger partial charge on any atom is 0.193 e. The Bertz CT molecular complexity index is 502. The van der Waals surface area contributed by atoms with Crippen molar-refractivity contribution in [2.75, 3.05) is 25.0 Å². The summed E-state index contributed by atoms with van der Waals surface area (Å²) in [5.74, 6) is 1.37. The Kier molecular flexibility index (Phi) is 8.33. The fourth-order valence-corrected chi connectivity index (χ4v) is 3.05. The third-order valence-electron chi connectivity index (χ3n) is 4.46. The summed E-state index contributed by atoms with van der Waals surface area (Å²) < 4.78 is 0. The van der Waals surface area contributed by atoms with Crippen LogP contribution in [0.1, 0.15) is 37.8 Å². The van der Waals surface area contributed by atoms with Crippen molar-refractivity contribution in [3.8, 4) is 0 Å².